The van der Waals surface area contributed by atoms with Crippen molar-refractivity contribution in [2.24, 2.45) is 0 Å². The van der Waals surface area contributed by atoms with Crippen molar-refractivity contribution in [2.75, 3.05) is 13.2 Å². The monoisotopic (exact) mass is 503 g/mol. The molecular weight excluding hydrogens is 489 g/mol. The van der Waals surface area contributed by atoms with Gasteiger partial charge in [0.15, 0.2) is 0 Å². The van der Waals surface area contributed by atoms with E-state index in [1.54, 1.807) is 42.5 Å². The first-order chi connectivity index (χ1) is 15.8. The molecule has 168 valence electrons. The molecule has 2 heterocycles. The third kappa shape index (κ3) is 5.24. The number of imide groups is 1. The quantitative estimate of drug-likeness (QED) is 0.390. The van der Waals surface area contributed by atoms with Gasteiger partial charge in [-0.1, -0.05) is 29.3 Å². The van der Waals surface area contributed by atoms with Crippen LogP contribution < -0.4 is 4.74 Å². The first kappa shape index (κ1) is 23.0. The molecule has 0 radical (unpaired) electrons. The summed E-state index contributed by atoms with van der Waals surface area (Å²) in [5, 5.41) is 9.36. The van der Waals surface area contributed by atoms with Gasteiger partial charge in [0.2, 0.25) is 0 Å². The number of furan rings is 1. The Labute approximate surface area is 202 Å². The first-order valence-corrected chi connectivity index (χ1v) is 11.2. The van der Waals surface area contributed by atoms with E-state index >= 15 is 0 Å². The van der Waals surface area contributed by atoms with E-state index in [9.17, 15) is 14.4 Å². The molecule has 1 saturated heterocycles. The number of aromatic carboxylic acids is 1. The molecule has 2 aromatic carbocycles. The smallest absolute Gasteiger partial charge is 0.337 e. The number of carboxylic acids is 1. The molecule has 1 N–H and O–H groups in total. The molecule has 1 aliphatic heterocycles. The number of carbonyl (C=O) groups is 3. The SMILES string of the molecule is O=C(O)c1ccc(-c2ccc(/C=C3\SC(=O)N(CCOc4ccc(Cl)cc4)C3=O)o2)cc1Cl. The number of nitrogens with zero attached hydrogens (tertiary/aromatic N) is 1. The van der Waals surface area contributed by atoms with Gasteiger partial charge in [0.1, 0.15) is 23.9 Å². The Morgan fingerprint density at radius 3 is 2.55 bits per heavy atom. The van der Waals surface area contributed by atoms with E-state index < -0.39 is 17.1 Å². The van der Waals surface area contributed by atoms with Crippen molar-refractivity contribution in [1.82, 2.24) is 4.90 Å². The highest BCUT2D eigenvalue weighted by atomic mass is 35.5. The highest BCUT2D eigenvalue weighted by molar-refractivity contribution is 8.18. The maximum atomic E-state index is 12.7. The number of amides is 2. The summed E-state index contributed by atoms with van der Waals surface area (Å²) in [6.07, 6.45) is 1.49. The normalized spacial score (nSPS) is 14.8. The van der Waals surface area contributed by atoms with Gasteiger partial charge >= 0.3 is 5.97 Å². The number of thioether (sulfide) groups is 1. The van der Waals surface area contributed by atoms with Gasteiger partial charge in [-0.3, -0.25) is 14.5 Å². The molecular formula is C23H15Cl2NO6S. The van der Waals surface area contributed by atoms with Gasteiger partial charge in [-0.05, 0) is 60.3 Å². The number of hydrogen-bond donors (Lipinski definition) is 1. The zero-order chi connectivity index (χ0) is 23.5. The molecule has 2 amide bonds. The summed E-state index contributed by atoms with van der Waals surface area (Å²) >= 11 is 12.7. The van der Waals surface area contributed by atoms with Crippen molar-refractivity contribution in [2.45, 2.75) is 0 Å². The van der Waals surface area contributed by atoms with E-state index in [4.69, 9.17) is 37.5 Å². The second kappa shape index (κ2) is 9.74. The molecule has 4 rings (SSSR count). The molecule has 0 bridgehead atoms. The molecule has 1 aliphatic rings. The molecule has 1 aromatic heterocycles. The lowest BCUT2D eigenvalue weighted by molar-refractivity contribution is -0.123. The van der Waals surface area contributed by atoms with Crippen LogP contribution in [0, 0.1) is 0 Å². The zero-order valence-electron chi connectivity index (χ0n) is 16.8. The van der Waals surface area contributed by atoms with Gasteiger partial charge in [0.25, 0.3) is 11.1 Å². The van der Waals surface area contributed by atoms with Crippen molar-refractivity contribution in [3.63, 3.8) is 0 Å². The highest BCUT2D eigenvalue weighted by Crippen LogP contribution is 2.34. The Morgan fingerprint density at radius 1 is 1.09 bits per heavy atom. The zero-order valence-corrected chi connectivity index (χ0v) is 19.1. The number of rotatable bonds is 7. The summed E-state index contributed by atoms with van der Waals surface area (Å²) in [5.74, 6) is -0.166. The lowest BCUT2D eigenvalue weighted by Gasteiger charge is -2.13. The third-order valence-corrected chi connectivity index (χ3v) is 6.13. The van der Waals surface area contributed by atoms with Gasteiger partial charge in [-0.25, -0.2) is 4.79 Å². The van der Waals surface area contributed by atoms with Crippen LogP contribution in [0.5, 0.6) is 5.75 Å². The molecule has 3 aromatic rings. The third-order valence-electron chi connectivity index (χ3n) is 4.65. The Kier molecular flexibility index (Phi) is 6.78. The van der Waals surface area contributed by atoms with Gasteiger partial charge in [0.05, 0.1) is 22.0 Å². The molecule has 0 unspecified atom stereocenters. The number of carbonyl (C=O) groups excluding carboxylic acids is 2. The van der Waals surface area contributed by atoms with Crippen LogP contribution >= 0.6 is 35.0 Å². The predicted octanol–water partition coefficient (Wildman–Crippen LogP) is 6.07. The largest absolute Gasteiger partial charge is 0.492 e. The van der Waals surface area contributed by atoms with E-state index in [2.05, 4.69) is 0 Å². The van der Waals surface area contributed by atoms with Gasteiger partial charge in [0, 0.05) is 16.7 Å². The van der Waals surface area contributed by atoms with Gasteiger partial charge in [-0.15, -0.1) is 0 Å². The van der Waals surface area contributed by atoms with E-state index in [1.165, 1.54) is 18.2 Å². The molecule has 0 saturated carbocycles. The van der Waals surface area contributed by atoms with Crippen molar-refractivity contribution in [1.29, 1.82) is 0 Å². The number of carboxylic acid groups (broad SMARTS) is 1. The molecule has 0 spiro atoms. The van der Waals surface area contributed by atoms with E-state index in [0.717, 1.165) is 16.7 Å². The average Bonchev–Trinajstić information content (AvgIpc) is 3.35. The number of benzene rings is 2. The predicted molar refractivity (Wildman–Crippen MR) is 126 cm³/mol. The number of ether oxygens (including phenoxy) is 1. The Bertz CT molecular complexity index is 1270. The fraction of sp³-hybridized carbons (Fsp3) is 0.0870. The standard InChI is InChI=1S/C23H15Cl2NO6S/c24-14-2-4-15(5-3-14)31-10-9-26-21(27)20(33-23(26)30)12-16-6-8-19(32-16)13-1-7-17(22(28)29)18(25)11-13/h1-8,11-12H,9-10H2,(H,28,29)/b20-12-. The van der Waals surface area contributed by atoms with Crippen LogP contribution in [0.4, 0.5) is 4.79 Å². The second-order valence-electron chi connectivity index (χ2n) is 6.84. The minimum absolute atomic E-state index is 0.0130. The summed E-state index contributed by atoms with van der Waals surface area (Å²) in [6.45, 7) is 0.243. The summed E-state index contributed by atoms with van der Waals surface area (Å²) in [6, 6.07) is 14.5. The van der Waals surface area contributed by atoms with Crippen molar-refractivity contribution in [3.8, 4) is 17.1 Å². The lowest BCUT2D eigenvalue weighted by Crippen LogP contribution is -2.32. The lowest BCUT2D eigenvalue weighted by atomic mass is 10.1. The number of halogens is 2. The van der Waals surface area contributed by atoms with Crippen LogP contribution in [0.1, 0.15) is 16.1 Å². The summed E-state index contributed by atoms with van der Waals surface area (Å²) in [7, 11) is 0. The molecule has 1 fully saturated rings. The van der Waals surface area contributed by atoms with E-state index in [0.29, 0.717) is 27.9 Å². The average molecular weight is 504 g/mol. The van der Waals surface area contributed by atoms with Crippen molar-refractivity contribution >= 4 is 58.2 Å². The maximum Gasteiger partial charge on any atom is 0.337 e. The van der Waals surface area contributed by atoms with Crippen LogP contribution in [0.25, 0.3) is 17.4 Å². The van der Waals surface area contributed by atoms with Crippen molar-refractivity contribution in [3.05, 3.63) is 80.9 Å². The highest BCUT2D eigenvalue weighted by Gasteiger charge is 2.35. The summed E-state index contributed by atoms with van der Waals surface area (Å²) in [5.41, 5.74) is 0.568. The Morgan fingerprint density at radius 2 is 1.85 bits per heavy atom. The van der Waals surface area contributed by atoms with Crippen LogP contribution in [-0.4, -0.2) is 40.3 Å². The topological polar surface area (TPSA) is 97.0 Å². The summed E-state index contributed by atoms with van der Waals surface area (Å²) < 4.78 is 11.3. The molecule has 7 nitrogen and oxygen atoms in total. The fourth-order valence-electron chi connectivity index (χ4n) is 3.03. The number of hydrogen-bond acceptors (Lipinski definition) is 6. The van der Waals surface area contributed by atoms with E-state index in [1.807, 2.05) is 0 Å². The second-order valence-corrected chi connectivity index (χ2v) is 8.67. The Hall–Kier alpha value is -3.20. The molecule has 10 heteroatoms. The van der Waals surface area contributed by atoms with Crippen LogP contribution in [-0.2, 0) is 4.79 Å². The Balaban J connectivity index is 1.42. The van der Waals surface area contributed by atoms with Gasteiger partial charge < -0.3 is 14.3 Å². The summed E-state index contributed by atoms with van der Waals surface area (Å²) in [4.78, 5) is 37.4. The fourth-order valence-corrected chi connectivity index (χ4v) is 4.27. The molecule has 0 atom stereocenters. The van der Waals surface area contributed by atoms with Crippen LogP contribution in [0.15, 0.2) is 63.9 Å². The minimum atomic E-state index is -1.12. The molecule has 33 heavy (non-hydrogen) atoms. The molecule has 0 aliphatic carbocycles. The van der Waals surface area contributed by atoms with Crippen LogP contribution in [0.2, 0.25) is 10.0 Å². The van der Waals surface area contributed by atoms with E-state index in [-0.39, 0.29) is 28.6 Å². The first-order valence-electron chi connectivity index (χ1n) is 9.58. The minimum Gasteiger partial charge on any atom is -0.492 e. The maximum absolute atomic E-state index is 12.7. The van der Waals surface area contributed by atoms with Crippen LogP contribution in [0.3, 0.4) is 0 Å². The van der Waals surface area contributed by atoms with Crippen molar-refractivity contribution < 1.29 is 28.6 Å². The van der Waals surface area contributed by atoms with Gasteiger partial charge in [-0.2, -0.15) is 0 Å².